The van der Waals surface area contributed by atoms with Crippen molar-refractivity contribution in [3.05, 3.63) is 205 Å². The van der Waals surface area contributed by atoms with Gasteiger partial charge >= 0.3 is 0 Å². The van der Waals surface area contributed by atoms with E-state index in [4.69, 9.17) is 18.8 Å². The van der Waals surface area contributed by atoms with E-state index in [1.807, 2.05) is 12.1 Å². The molecule has 1 unspecified atom stereocenters. The minimum absolute atomic E-state index is 0.471. The Kier molecular flexibility index (Phi) is 7.01. The first kappa shape index (κ1) is 33.0. The van der Waals surface area contributed by atoms with E-state index >= 15 is 0 Å². The fourth-order valence-electron chi connectivity index (χ4n) is 9.34. The van der Waals surface area contributed by atoms with Crippen molar-refractivity contribution < 1.29 is 8.83 Å². The van der Waals surface area contributed by atoms with Gasteiger partial charge in [-0.3, -0.25) is 0 Å². The largest absolute Gasteiger partial charge is 0.456 e. The zero-order chi connectivity index (χ0) is 39.3. The Balaban J connectivity index is 1.07. The molecule has 12 aromatic rings. The number of benzene rings is 10. The van der Waals surface area contributed by atoms with Crippen molar-refractivity contribution >= 4 is 98.6 Å². The molecule has 0 spiro atoms. The number of fused-ring (bicyclic) bond motifs is 11. The third kappa shape index (κ3) is 5.12. The summed E-state index contributed by atoms with van der Waals surface area (Å²) in [5, 5.41) is 17.5. The average Bonchev–Trinajstić information content (AvgIpc) is 3.87. The third-order valence-corrected chi connectivity index (χ3v) is 12.3. The van der Waals surface area contributed by atoms with Crippen molar-refractivity contribution in [1.29, 1.82) is 0 Å². The molecule has 0 bridgehead atoms. The lowest BCUT2D eigenvalue weighted by atomic mass is 9.91. The summed E-state index contributed by atoms with van der Waals surface area (Å²) in [5.41, 5.74) is 8.33. The zero-order valence-corrected chi connectivity index (χ0v) is 32.2. The average molecular weight is 768 g/mol. The van der Waals surface area contributed by atoms with Crippen molar-refractivity contribution in [2.75, 3.05) is 0 Å². The van der Waals surface area contributed by atoms with Gasteiger partial charge in [-0.15, -0.1) is 0 Å². The van der Waals surface area contributed by atoms with Crippen LogP contribution in [0.15, 0.2) is 207 Å². The highest BCUT2D eigenvalue weighted by molar-refractivity contribution is 6.26. The molecule has 0 amide bonds. The maximum Gasteiger partial charge on any atom is 0.159 e. The summed E-state index contributed by atoms with van der Waals surface area (Å²) in [7, 11) is 0. The number of hydrogen-bond donors (Lipinski definition) is 1. The number of nitrogens with zero attached hydrogens (tertiary/aromatic N) is 2. The Morgan fingerprint density at radius 3 is 1.90 bits per heavy atom. The number of furan rings is 2. The van der Waals surface area contributed by atoms with E-state index < -0.39 is 6.17 Å². The van der Waals surface area contributed by atoms with Crippen LogP contribution in [0.5, 0.6) is 0 Å². The van der Waals surface area contributed by atoms with Gasteiger partial charge in [0, 0.05) is 38.2 Å². The van der Waals surface area contributed by atoms with Crippen molar-refractivity contribution in [3.63, 3.8) is 0 Å². The lowest BCUT2D eigenvalue weighted by molar-refractivity contribution is 0.655. The molecule has 1 aliphatic rings. The first-order valence-electron chi connectivity index (χ1n) is 20.3. The molecule has 0 aliphatic carbocycles. The number of aliphatic imine (C=N–C) groups is 2. The summed E-state index contributed by atoms with van der Waals surface area (Å²) >= 11 is 0. The quantitative estimate of drug-likeness (QED) is 0.181. The van der Waals surface area contributed by atoms with Crippen LogP contribution in [-0.4, -0.2) is 11.7 Å². The van der Waals surface area contributed by atoms with E-state index in [9.17, 15) is 0 Å². The first-order chi connectivity index (χ1) is 29.7. The van der Waals surface area contributed by atoms with Crippen molar-refractivity contribution in [3.8, 4) is 11.1 Å². The molecule has 10 aromatic carbocycles. The van der Waals surface area contributed by atoms with Gasteiger partial charge in [-0.1, -0.05) is 140 Å². The number of para-hydroxylation sites is 1. The highest BCUT2D eigenvalue weighted by Crippen LogP contribution is 2.41. The van der Waals surface area contributed by atoms with Gasteiger partial charge in [0.2, 0.25) is 0 Å². The Hall–Kier alpha value is -8.02. The fourth-order valence-corrected chi connectivity index (χ4v) is 9.34. The van der Waals surface area contributed by atoms with Crippen LogP contribution in [0.2, 0.25) is 0 Å². The molecular formula is C55H33N3O2. The standard InChI is InChI=1S/C55H33N3O2/c1-2-11-34-27-39(20-17-32(34)9-1)53-56-54(40-22-24-45-44-15-7-8-16-47(44)59-49(45)31-40)58-55(57-53)52-43(38-21-23-42-37(28-38)19-18-33-10-5-6-14-41(33)42)25-26-48-51(52)46-29-35-12-3-4-13-36(35)30-50(46)60-48/h1-31,54H,(H,56,57,58). The highest BCUT2D eigenvalue weighted by atomic mass is 16.3. The van der Waals surface area contributed by atoms with Gasteiger partial charge in [0.25, 0.3) is 0 Å². The number of hydrogen-bond acceptors (Lipinski definition) is 5. The molecule has 280 valence electrons. The Morgan fingerprint density at radius 1 is 0.400 bits per heavy atom. The minimum atomic E-state index is -0.471. The lowest BCUT2D eigenvalue weighted by Crippen LogP contribution is -2.34. The second kappa shape index (κ2) is 12.7. The number of amidine groups is 2. The van der Waals surface area contributed by atoms with E-state index in [1.165, 1.54) is 26.9 Å². The van der Waals surface area contributed by atoms with Gasteiger partial charge in [-0.25, -0.2) is 9.98 Å². The van der Waals surface area contributed by atoms with Crippen molar-refractivity contribution in [2.45, 2.75) is 6.17 Å². The molecule has 1 N–H and O–H groups in total. The highest BCUT2D eigenvalue weighted by Gasteiger charge is 2.28. The van der Waals surface area contributed by atoms with Gasteiger partial charge in [-0.2, -0.15) is 0 Å². The summed E-state index contributed by atoms with van der Waals surface area (Å²) in [6.45, 7) is 0. The SMILES string of the molecule is c1ccc2cc(C3=NC(c4ccc5c(c4)oc4ccccc45)NC(c4c(-c5ccc6c(ccc7ccccc76)c5)ccc5oc6cc7ccccc7cc6c45)=N3)ccc2c1. The molecule has 13 rings (SSSR count). The predicted octanol–water partition coefficient (Wildman–Crippen LogP) is 14.3. The van der Waals surface area contributed by atoms with E-state index in [1.54, 1.807) is 0 Å². The van der Waals surface area contributed by atoms with E-state index in [0.29, 0.717) is 5.84 Å². The maximum atomic E-state index is 6.72. The molecule has 0 radical (unpaired) electrons. The van der Waals surface area contributed by atoms with Crippen molar-refractivity contribution in [2.24, 2.45) is 9.98 Å². The van der Waals surface area contributed by atoms with Crippen LogP contribution in [0, 0.1) is 0 Å². The molecular weight excluding hydrogens is 735 g/mol. The molecule has 0 fully saturated rings. The maximum absolute atomic E-state index is 6.72. The molecule has 5 nitrogen and oxygen atoms in total. The Labute approximate surface area is 343 Å². The molecule has 2 aromatic heterocycles. The van der Waals surface area contributed by atoms with E-state index in [-0.39, 0.29) is 0 Å². The summed E-state index contributed by atoms with van der Waals surface area (Å²) in [4.78, 5) is 10.8. The van der Waals surface area contributed by atoms with Crippen molar-refractivity contribution in [1.82, 2.24) is 5.32 Å². The zero-order valence-electron chi connectivity index (χ0n) is 32.2. The molecule has 60 heavy (non-hydrogen) atoms. The van der Waals surface area contributed by atoms with E-state index in [0.717, 1.165) is 93.7 Å². The van der Waals surface area contributed by atoms with Crippen LogP contribution < -0.4 is 5.32 Å². The van der Waals surface area contributed by atoms with Crippen LogP contribution in [0.1, 0.15) is 22.9 Å². The topological polar surface area (TPSA) is 63.0 Å². The second-order valence-corrected chi connectivity index (χ2v) is 15.8. The molecule has 5 heteroatoms. The van der Waals surface area contributed by atoms with Gasteiger partial charge in [0.1, 0.15) is 34.3 Å². The summed E-state index contributed by atoms with van der Waals surface area (Å²) in [6, 6.07) is 66.5. The number of nitrogens with one attached hydrogen (secondary N) is 1. The molecule has 1 aliphatic heterocycles. The summed E-state index contributed by atoms with van der Waals surface area (Å²) in [5.74, 6) is 1.37. The molecule has 0 saturated carbocycles. The Morgan fingerprint density at radius 2 is 1.02 bits per heavy atom. The Bertz CT molecular complexity index is 3830. The van der Waals surface area contributed by atoms with Gasteiger partial charge in [-0.05, 0) is 103 Å². The number of rotatable bonds is 4. The smallest absolute Gasteiger partial charge is 0.159 e. The van der Waals surface area contributed by atoms with Gasteiger partial charge < -0.3 is 14.2 Å². The molecule has 3 heterocycles. The molecule has 1 atom stereocenters. The first-order valence-corrected chi connectivity index (χ1v) is 20.3. The van der Waals surface area contributed by atoms with Crippen LogP contribution in [0.4, 0.5) is 0 Å². The van der Waals surface area contributed by atoms with Crippen LogP contribution in [0.25, 0.3) is 98.1 Å². The molecule has 0 saturated heterocycles. The minimum Gasteiger partial charge on any atom is -0.456 e. The monoisotopic (exact) mass is 767 g/mol. The lowest BCUT2D eigenvalue weighted by Gasteiger charge is -2.25. The van der Waals surface area contributed by atoms with Crippen LogP contribution >= 0.6 is 0 Å². The normalized spacial score (nSPS) is 14.5. The third-order valence-electron chi connectivity index (χ3n) is 12.3. The second-order valence-electron chi connectivity index (χ2n) is 15.8. The van der Waals surface area contributed by atoms with Gasteiger partial charge in [0.15, 0.2) is 5.84 Å². The van der Waals surface area contributed by atoms with Gasteiger partial charge in [0.05, 0.1) is 0 Å². The van der Waals surface area contributed by atoms with E-state index in [2.05, 4.69) is 181 Å². The summed E-state index contributed by atoms with van der Waals surface area (Å²) in [6.07, 6.45) is -0.471. The van der Waals surface area contributed by atoms with Crippen LogP contribution in [0.3, 0.4) is 0 Å². The predicted molar refractivity (Wildman–Crippen MR) is 248 cm³/mol. The summed E-state index contributed by atoms with van der Waals surface area (Å²) < 4.78 is 13.1. The van der Waals surface area contributed by atoms with Crippen LogP contribution in [-0.2, 0) is 0 Å². The fraction of sp³-hybridized carbons (Fsp3) is 0.0182.